The Morgan fingerprint density at radius 3 is 2.05 bits per heavy atom. The summed E-state index contributed by atoms with van der Waals surface area (Å²) in [5, 5.41) is 0. The third-order valence-corrected chi connectivity index (χ3v) is 4.03. The zero-order valence-corrected chi connectivity index (χ0v) is 14.4. The predicted octanol–water partition coefficient (Wildman–Crippen LogP) is 7.55. The summed E-state index contributed by atoms with van der Waals surface area (Å²) in [6.07, 6.45) is 26.9. The normalized spacial score (nSPS) is 11.9. The monoisotopic (exact) mass is 302 g/mol. The maximum absolute atomic E-state index is 5.23. The van der Waals surface area contributed by atoms with E-state index >= 15 is 0 Å². The molecule has 0 aromatic carbocycles. The molecule has 22 heavy (non-hydrogen) atoms. The van der Waals surface area contributed by atoms with E-state index in [0.717, 1.165) is 5.76 Å². The van der Waals surface area contributed by atoms with Crippen molar-refractivity contribution in [2.24, 2.45) is 0 Å². The molecule has 0 radical (unpaired) electrons. The van der Waals surface area contributed by atoms with Gasteiger partial charge in [0.05, 0.1) is 6.26 Å². The average molecular weight is 303 g/mol. The summed E-state index contributed by atoms with van der Waals surface area (Å²) in [4.78, 5) is 0. The Bertz CT molecular complexity index is 373. The molecule has 1 nitrogen and oxygen atoms in total. The lowest BCUT2D eigenvalue weighted by Crippen LogP contribution is -1.81. The summed E-state index contributed by atoms with van der Waals surface area (Å²) in [5.74, 6) is 0.916. The van der Waals surface area contributed by atoms with E-state index in [0.29, 0.717) is 0 Å². The highest BCUT2D eigenvalue weighted by atomic mass is 16.3. The van der Waals surface area contributed by atoms with Gasteiger partial charge in [0.25, 0.3) is 0 Å². The zero-order chi connectivity index (χ0) is 15.7. The molecule has 1 heterocycles. The lowest BCUT2D eigenvalue weighted by Gasteiger charge is -2.01. The molecule has 0 unspecified atom stereocenters. The molecule has 0 aliphatic rings. The van der Waals surface area contributed by atoms with Crippen LogP contribution in [0.2, 0.25) is 0 Å². The molecule has 0 aliphatic heterocycles. The highest BCUT2D eigenvalue weighted by molar-refractivity contribution is 5.44. The van der Waals surface area contributed by atoms with E-state index in [4.69, 9.17) is 4.42 Å². The molecule has 1 aromatic heterocycles. The minimum atomic E-state index is 0.916. The Hall–Kier alpha value is -1.24. The van der Waals surface area contributed by atoms with Crippen LogP contribution in [0.25, 0.3) is 6.08 Å². The van der Waals surface area contributed by atoms with Crippen LogP contribution in [-0.2, 0) is 0 Å². The minimum absolute atomic E-state index is 0.916. The summed E-state index contributed by atoms with van der Waals surface area (Å²) in [6, 6.07) is 3.88. The summed E-state index contributed by atoms with van der Waals surface area (Å²) >= 11 is 0. The summed E-state index contributed by atoms with van der Waals surface area (Å²) < 4.78 is 5.23. The van der Waals surface area contributed by atoms with Crippen molar-refractivity contribution in [1.82, 2.24) is 0 Å². The summed E-state index contributed by atoms with van der Waals surface area (Å²) in [6.45, 7) is 2.28. The van der Waals surface area contributed by atoms with Gasteiger partial charge >= 0.3 is 0 Å². The smallest absolute Gasteiger partial charge is 0.126 e. The van der Waals surface area contributed by atoms with Gasteiger partial charge in [0, 0.05) is 0 Å². The van der Waals surface area contributed by atoms with Crippen molar-refractivity contribution in [3.05, 3.63) is 42.4 Å². The second kappa shape index (κ2) is 14.7. The molecule has 0 bridgehead atoms. The molecule has 1 aromatic rings. The Balaban J connectivity index is 1.80. The quantitative estimate of drug-likeness (QED) is 0.255. The van der Waals surface area contributed by atoms with Crippen LogP contribution in [0.4, 0.5) is 0 Å². The van der Waals surface area contributed by atoms with Crippen molar-refractivity contribution in [2.45, 2.75) is 84.0 Å². The van der Waals surface area contributed by atoms with Crippen LogP contribution in [0.1, 0.15) is 89.7 Å². The molecule has 124 valence electrons. The highest BCUT2D eigenvalue weighted by Crippen LogP contribution is 2.12. The van der Waals surface area contributed by atoms with Crippen molar-refractivity contribution in [3.63, 3.8) is 0 Å². The van der Waals surface area contributed by atoms with Crippen molar-refractivity contribution >= 4 is 6.08 Å². The molecule has 0 N–H and O–H groups in total. The molecular weight excluding hydrogens is 268 g/mol. The Labute approximate surface area is 137 Å². The number of furan rings is 1. The molecule has 0 saturated heterocycles. The first-order valence-electron chi connectivity index (χ1n) is 9.30. The van der Waals surface area contributed by atoms with Gasteiger partial charge in [-0.25, -0.2) is 0 Å². The van der Waals surface area contributed by atoms with Crippen molar-refractivity contribution in [2.75, 3.05) is 0 Å². The van der Waals surface area contributed by atoms with Gasteiger partial charge in [0.15, 0.2) is 0 Å². The Morgan fingerprint density at radius 1 is 0.818 bits per heavy atom. The largest absolute Gasteiger partial charge is 0.465 e. The first-order chi connectivity index (χ1) is 10.9. The van der Waals surface area contributed by atoms with E-state index in [1.165, 1.54) is 77.0 Å². The van der Waals surface area contributed by atoms with Crippen molar-refractivity contribution < 1.29 is 4.42 Å². The standard InChI is InChI=1S/C21H34O/c1-2-3-4-5-6-7-8-9-10-11-12-13-14-15-16-18-21-19-17-20-22-21/h14-20H,2-13H2,1H3/b15-14+,18-16-. The van der Waals surface area contributed by atoms with E-state index in [2.05, 4.69) is 25.2 Å². The number of allylic oxidation sites excluding steroid dienone is 3. The minimum Gasteiger partial charge on any atom is -0.465 e. The van der Waals surface area contributed by atoms with E-state index in [1.807, 2.05) is 18.2 Å². The first-order valence-corrected chi connectivity index (χ1v) is 9.30. The molecule has 1 rings (SSSR count). The number of hydrogen-bond acceptors (Lipinski definition) is 1. The number of unbranched alkanes of at least 4 members (excludes halogenated alkanes) is 11. The van der Waals surface area contributed by atoms with Crippen molar-refractivity contribution in [3.8, 4) is 0 Å². The van der Waals surface area contributed by atoms with Gasteiger partial charge in [-0.1, -0.05) is 89.4 Å². The van der Waals surface area contributed by atoms with Crippen LogP contribution in [0.15, 0.2) is 41.0 Å². The van der Waals surface area contributed by atoms with Crippen LogP contribution < -0.4 is 0 Å². The van der Waals surface area contributed by atoms with Gasteiger partial charge in [-0.2, -0.15) is 0 Å². The summed E-state index contributed by atoms with van der Waals surface area (Å²) in [5.41, 5.74) is 0. The molecule has 0 saturated carbocycles. The van der Waals surface area contributed by atoms with Crippen LogP contribution >= 0.6 is 0 Å². The third-order valence-electron chi connectivity index (χ3n) is 4.03. The SMILES string of the molecule is CCCCCCCCCCCCC/C=C/C=C\c1ccco1. The van der Waals surface area contributed by atoms with Crippen LogP contribution in [0, 0.1) is 0 Å². The van der Waals surface area contributed by atoms with E-state index in [-0.39, 0.29) is 0 Å². The topological polar surface area (TPSA) is 13.1 Å². The average Bonchev–Trinajstić information content (AvgIpc) is 3.04. The lowest BCUT2D eigenvalue weighted by molar-refractivity contribution is 0.550. The fourth-order valence-corrected chi connectivity index (χ4v) is 2.64. The molecule has 0 fully saturated rings. The van der Waals surface area contributed by atoms with Gasteiger partial charge in [0.2, 0.25) is 0 Å². The molecule has 1 heteroatoms. The third kappa shape index (κ3) is 11.4. The lowest BCUT2D eigenvalue weighted by atomic mass is 10.1. The molecule has 0 atom stereocenters. The van der Waals surface area contributed by atoms with Gasteiger partial charge in [-0.15, -0.1) is 0 Å². The predicted molar refractivity (Wildman–Crippen MR) is 98.0 cm³/mol. The van der Waals surface area contributed by atoms with Gasteiger partial charge in [-0.3, -0.25) is 0 Å². The summed E-state index contributed by atoms with van der Waals surface area (Å²) in [7, 11) is 0. The fraction of sp³-hybridized carbons (Fsp3) is 0.619. The second-order valence-corrected chi connectivity index (χ2v) is 6.13. The number of rotatable bonds is 14. The van der Waals surface area contributed by atoms with Gasteiger partial charge in [0.1, 0.15) is 5.76 Å². The molecule has 0 amide bonds. The van der Waals surface area contributed by atoms with E-state index < -0.39 is 0 Å². The highest BCUT2D eigenvalue weighted by Gasteiger charge is 1.92. The van der Waals surface area contributed by atoms with Crippen molar-refractivity contribution in [1.29, 1.82) is 0 Å². The van der Waals surface area contributed by atoms with Gasteiger partial charge < -0.3 is 4.42 Å². The van der Waals surface area contributed by atoms with Crippen LogP contribution in [0.3, 0.4) is 0 Å². The Kier molecular flexibility index (Phi) is 12.6. The molecular formula is C21H34O. The maximum atomic E-state index is 5.23. The van der Waals surface area contributed by atoms with Crippen LogP contribution in [-0.4, -0.2) is 0 Å². The molecule has 0 aliphatic carbocycles. The maximum Gasteiger partial charge on any atom is 0.126 e. The zero-order valence-electron chi connectivity index (χ0n) is 14.4. The molecule has 0 spiro atoms. The fourth-order valence-electron chi connectivity index (χ4n) is 2.64. The Morgan fingerprint density at radius 2 is 1.45 bits per heavy atom. The van der Waals surface area contributed by atoms with E-state index in [1.54, 1.807) is 6.26 Å². The van der Waals surface area contributed by atoms with Gasteiger partial charge in [-0.05, 0) is 31.1 Å². The second-order valence-electron chi connectivity index (χ2n) is 6.13. The van der Waals surface area contributed by atoms with Crippen LogP contribution in [0.5, 0.6) is 0 Å². The number of hydrogen-bond donors (Lipinski definition) is 0. The van der Waals surface area contributed by atoms with E-state index in [9.17, 15) is 0 Å². The first kappa shape index (κ1) is 18.8.